The Morgan fingerprint density at radius 1 is 1.15 bits per heavy atom. The van der Waals surface area contributed by atoms with E-state index in [9.17, 15) is 14.0 Å². The molecule has 2 amide bonds. The van der Waals surface area contributed by atoms with Gasteiger partial charge in [-0.15, -0.1) is 0 Å². The molecule has 4 rings (SSSR count). The minimum Gasteiger partial charge on any atom is -0.497 e. The topological polar surface area (TPSA) is 58.6 Å². The number of nitrogens with one attached hydrogen (secondary N) is 1. The molecular weight excluding hydrogens is 487 g/mol. The van der Waals surface area contributed by atoms with Gasteiger partial charge in [-0.2, -0.15) is 0 Å². The molecule has 1 spiro atoms. The van der Waals surface area contributed by atoms with Crippen molar-refractivity contribution in [2.24, 2.45) is 0 Å². The fourth-order valence-electron chi connectivity index (χ4n) is 5.29. The number of halogens is 2. The first-order valence-electron chi connectivity index (χ1n) is 11.4. The van der Waals surface area contributed by atoms with Crippen LogP contribution in [0.4, 0.5) is 10.1 Å². The minimum absolute atomic E-state index is 0.206. The molecule has 0 radical (unpaired) electrons. The highest BCUT2D eigenvalue weighted by Gasteiger charge is 2.57. The largest absolute Gasteiger partial charge is 0.497 e. The molecule has 0 saturated heterocycles. The molecule has 2 aromatic rings. The van der Waals surface area contributed by atoms with Crippen molar-refractivity contribution in [2.45, 2.75) is 68.3 Å². The monoisotopic (exact) mass is 516 g/mol. The Morgan fingerprint density at radius 3 is 2.42 bits per heavy atom. The molecule has 1 fully saturated rings. The number of benzene rings is 2. The number of amides is 2. The number of methoxy groups -OCH3 is 1. The third-order valence-electron chi connectivity index (χ3n) is 6.88. The van der Waals surface area contributed by atoms with Crippen LogP contribution in [0.15, 0.2) is 42.5 Å². The maximum Gasteiger partial charge on any atom is 0.244 e. The number of alkyl halides is 1. The van der Waals surface area contributed by atoms with E-state index < -0.39 is 15.8 Å². The number of carbonyl (C=O) groups excluding carboxylic acids is 2. The number of ether oxygens (including phenoxy) is 1. The summed E-state index contributed by atoms with van der Waals surface area (Å²) in [5, 5.41) is 3.05. The molecule has 7 heteroatoms. The van der Waals surface area contributed by atoms with Crippen LogP contribution in [-0.2, 0) is 21.5 Å². The lowest BCUT2D eigenvalue weighted by Crippen LogP contribution is -2.59. The van der Waals surface area contributed by atoms with Crippen LogP contribution in [0.25, 0.3) is 0 Å². The molecule has 1 heterocycles. The molecule has 0 aromatic heterocycles. The third kappa shape index (κ3) is 4.39. The summed E-state index contributed by atoms with van der Waals surface area (Å²) in [6.07, 6.45) is 4.45. The highest BCUT2D eigenvalue weighted by atomic mass is 79.9. The number of hydrogen-bond donors (Lipinski definition) is 1. The summed E-state index contributed by atoms with van der Waals surface area (Å²) in [4.78, 5) is 29.0. The zero-order chi connectivity index (χ0) is 23.8. The Kier molecular flexibility index (Phi) is 6.54. The summed E-state index contributed by atoms with van der Waals surface area (Å²) < 4.78 is 18.7. The van der Waals surface area contributed by atoms with E-state index in [0.717, 1.165) is 49.0 Å². The van der Waals surface area contributed by atoms with Gasteiger partial charge in [-0.05, 0) is 68.1 Å². The number of hydrogen-bond acceptors (Lipinski definition) is 3. The molecule has 0 bridgehead atoms. The van der Waals surface area contributed by atoms with E-state index in [1.807, 2.05) is 24.3 Å². The lowest BCUT2D eigenvalue weighted by molar-refractivity contribution is -0.128. The summed E-state index contributed by atoms with van der Waals surface area (Å²) in [5.41, 5.74) is 1.76. The molecule has 2 aliphatic rings. The van der Waals surface area contributed by atoms with Gasteiger partial charge in [-0.3, -0.25) is 14.5 Å². The molecule has 2 aromatic carbocycles. The lowest BCUT2D eigenvalue weighted by Gasteiger charge is -2.41. The Labute approximate surface area is 202 Å². The average Bonchev–Trinajstić information content (AvgIpc) is 3.06. The van der Waals surface area contributed by atoms with Crippen molar-refractivity contribution in [2.75, 3.05) is 12.0 Å². The van der Waals surface area contributed by atoms with E-state index in [1.54, 1.807) is 31.9 Å². The maximum atomic E-state index is 14.4. The molecule has 1 atom stereocenters. The van der Waals surface area contributed by atoms with Crippen LogP contribution in [0.2, 0.25) is 0 Å². The number of fused-ring (bicyclic) bond motifs is 2. The Morgan fingerprint density at radius 2 is 1.82 bits per heavy atom. The lowest BCUT2D eigenvalue weighted by atomic mass is 9.66. The highest BCUT2D eigenvalue weighted by Crippen LogP contribution is 2.54. The van der Waals surface area contributed by atoms with Gasteiger partial charge in [0.05, 0.1) is 11.4 Å². The second kappa shape index (κ2) is 9.09. The summed E-state index contributed by atoms with van der Waals surface area (Å²) in [5.74, 6) is -0.0175. The van der Waals surface area contributed by atoms with Crippen molar-refractivity contribution >= 4 is 33.4 Å². The average molecular weight is 517 g/mol. The van der Waals surface area contributed by atoms with Crippen LogP contribution in [0.1, 0.15) is 57.1 Å². The summed E-state index contributed by atoms with van der Waals surface area (Å²) >= 11 is 3.49. The molecule has 1 N–H and O–H groups in total. The maximum absolute atomic E-state index is 14.4. The van der Waals surface area contributed by atoms with Gasteiger partial charge in [0.2, 0.25) is 11.8 Å². The predicted molar refractivity (Wildman–Crippen MR) is 130 cm³/mol. The zero-order valence-electron chi connectivity index (χ0n) is 19.3. The van der Waals surface area contributed by atoms with Crippen molar-refractivity contribution in [3.05, 3.63) is 59.4 Å². The van der Waals surface area contributed by atoms with Crippen molar-refractivity contribution in [3.8, 4) is 5.75 Å². The first-order chi connectivity index (χ1) is 15.7. The molecule has 5 nitrogen and oxygen atoms in total. The van der Waals surface area contributed by atoms with Gasteiger partial charge < -0.3 is 10.1 Å². The van der Waals surface area contributed by atoms with Crippen LogP contribution in [-0.4, -0.2) is 29.3 Å². The predicted octanol–water partition coefficient (Wildman–Crippen LogP) is 5.24. The molecule has 176 valence electrons. The van der Waals surface area contributed by atoms with E-state index in [0.29, 0.717) is 12.2 Å². The van der Waals surface area contributed by atoms with Crippen LogP contribution in [0, 0.1) is 5.82 Å². The van der Waals surface area contributed by atoms with E-state index in [-0.39, 0.29) is 17.6 Å². The standard InChI is InChI=1S/C26H30BrFN2O3/c1-25(2,27)24(32)30-21-12-9-18(28)15-20(21)26(13-5-4-6-14-26)22(30)23(31)29-16-17-7-10-19(33-3)11-8-17/h7-12,15,22H,4-6,13-14,16H2,1-3H3,(H,29,31). The molecule has 1 aliphatic heterocycles. The minimum atomic E-state index is -0.868. The summed E-state index contributed by atoms with van der Waals surface area (Å²) in [7, 11) is 1.61. The first kappa shape index (κ1) is 23.7. The smallest absolute Gasteiger partial charge is 0.244 e. The quantitative estimate of drug-likeness (QED) is 0.552. The molecule has 1 unspecified atom stereocenters. The van der Waals surface area contributed by atoms with Crippen molar-refractivity contribution in [1.82, 2.24) is 5.32 Å². The third-order valence-corrected chi connectivity index (χ3v) is 7.22. The zero-order valence-corrected chi connectivity index (χ0v) is 20.9. The van der Waals surface area contributed by atoms with Crippen molar-refractivity contribution in [1.29, 1.82) is 0 Å². The number of nitrogens with zero attached hydrogens (tertiary/aromatic N) is 1. The highest BCUT2D eigenvalue weighted by molar-refractivity contribution is 9.10. The molecule has 33 heavy (non-hydrogen) atoms. The first-order valence-corrected chi connectivity index (χ1v) is 12.2. The Balaban J connectivity index is 1.72. The van der Waals surface area contributed by atoms with Crippen molar-refractivity contribution in [3.63, 3.8) is 0 Å². The molecule has 1 saturated carbocycles. The van der Waals surface area contributed by atoms with Crippen LogP contribution < -0.4 is 15.0 Å². The Hall–Kier alpha value is -2.41. The van der Waals surface area contributed by atoms with Crippen molar-refractivity contribution < 1.29 is 18.7 Å². The van der Waals surface area contributed by atoms with E-state index in [2.05, 4.69) is 21.2 Å². The van der Waals surface area contributed by atoms with Crippen LogP contribution in [0.3, 0.4) is 0 Å². The van der Waals surface area contributed by atoms with Gasteiger partial charge >= 0.3 is 0 Å². The normalized spacial score (nSPS) is 19.3. The summed E-state index contributed by atoms with van der Waals surface area (Å²) in [6.45, 7) is 3.88. The van der Waals surface area contributed by atoms with Gasteiger partial charge in [0.15, 0.2) is 0 Å². The van der Waals surface area contributed by atoms with E-state index in [4.69, 9.17) is 4.74 Å². The fraction of sp³-hybridized carbons (Fsp3) is 0.462. The van der Waals surface area contributed by atoms with E-state index >= 15 is 0 Å². The number of carbonyl (C=O) groups is 2. The van der Waals surface area contributed by atoms with Gasteiger partial charge in [0, 0.05) is 17.6 Å². The number of rotatable bonds is 5. The van der Waals surface area contributed by atoms with Gasteiger partial charge in [-0.25, -0.2) is 4.39 Å². The Bertz CT molecular complexity index is 1040. The van der Waals surface area contributed by atoms with Crippen LogP contribution in [0.5, 0.6) is 5.75 Å². The molecular formula is C26H30BrFN2O3. The second-order valence-electron chi connectivity index (χ2n) is 9.49. The molecule has 1 aliphatic carbocycles. The summed E-state index contributed by atoms with van der Waals surface area (Å²) in [6, 6.07) is 11.3. The SMILES string of the molecule is COc1ccc(CNC(=O)C2N(C(=O)C(C)(C)Br)c3ccc(F)cc3C23CCCCC3)cc1. The van der Waals surface area contributed by atoms with Gasteiger partial charge in [0.25, 0.3) is 0 Å². The second-order valence-corrected chi connectivity index (χ2v) is 11.5. The fourth-order valence-corrected chi connectivity index (χ4v) is 5.48. The number of anilines is 1. The van der Waals surface area contributed by atoms with Gasteiger partial charge in [-0.1, -0.05) is 47.3 Å². The van der Waals surface area contributed by atoms with Gasteiger partial charge in [0.1, 0.15) is 17.6 Å². The van der Waals surface area contributed by atoms with Crippen LogP contribution >= 0.6 is 15.9 Å². The van der Waals surface area contributed by atoms with E-state index in [1.165, 1.54) is 12.1 Å².